The SMILES string of the molecule is Cc1csc(-c2ccc(NC(=O)CC(O)C(C)C)cc2)n1. The van der Waals surface area contributed by atoms with Gasteiger partial charge in [0.2, 0.25) is 5.91 Å². The minimum Gasteiger partial charge on any atom is -0.392 e. The average Bonchev–Trinajstić information content (AvgIpc) is 2.86. The highest BCUT2D eigenvalue weighted by molar-refractivity contribution is 7.13. The molecule has 1 amide bonds. The van der Waals surface area contributed by atoms with E-state index >= 15 is 0 Å². The Labute approximate surface area is 128 Å². The van der Waals surface area contributed by atoms with Crippen molar-refractivity contribution >= 4 is 22.9 Å². The quantitative estimate of drug-likeness (QED) is 0.889. The smallest absolute Gasteiger partial charge is 0.226 e. The average molecular weight is 304 g/mol. The number of nitrogens with one attached hydrogen (secondary N) is 1. The van der Waals surface area contributed by atoms with Crippen molar-refractivity contribution in [1.82, 2.24) is 4.98 Å². The number of rotatable bonds is 5. The second-order valence-electron chi connectivity index (χ2n) is 5.44. The molecule has 0 saturated carbocycles. The molecule has 0 fully saturated rings. The van der Waals surface area contributed by atoms with E-state index in [9.17, 15) is 9.90 Å². The van der Waals surface area contributed by atoms with E-state index in [1.165, 1.54) is 0 Å². The number of nitrogens with zero attached hydrogens (tertiary/aromatic N) is 1. The number of benzene rings is 1. The summed E-state index contributed by atoms with van der Waals surface area (Å²) in [6, 6.07) is 7.58. The Balaban J connectivity index is 1.98. The van der Waals surface area contributed by atoms with Crippen LogP contribution < -0.4 is 5.32 Å². The molecule has 1 aromatic carbocycles. The Kier molecular flexibility index (Phi) is 5.09. The number of aliphatic hydroxyl groups is 1. The molecule has 0 saturated heterocycles. The molecular weight excluding hydrogens is 284 g/mol. The Morgan fingerprint density at radius 2 is 2.00 bits per heavy atom. The van der Waals surface area contributed by atoms with Crippen LogP contribution in [0.5, 0.6) is 0 Å². The molecule has 0 aliphatic carbocycles. The Morgan fingerprint density at radius 1 is 1.33 bits per heavy atom. The first-order valence-corrected chi connectivity index (χ1v) is 7.84. The highest BCUT2D eigenvalue weighted by Gasteiger charge is 2.14. The highest BCUT2D eigenvalue weighted by atomic mass is 32.1. The van der Waals surface area contributed by atoms with Gasteiger partial charge in [0.25, 0.3) is 0 Å². The third kappa shape index (κ3) is 4.37. The molecule has 2 aromatic rings. The number of anilines is 1. The van der Waals surface area contributed by atoms with E-state index in [2.05, 4.69) is 10.3 Å². The number of hydrogen-bond donors (Lipinski definition) is 2. The number of aromatic nitrogens is 1. The lowest BCUT2D eigenvalue weighted by molar-refractivity contribution is -0.118. The topological polar surface area (TPSA) is 62.2 Å². The van der Waals surface area contributed by atoms with Crippen molar-refractivity contribution in [1.29, 1.82) is 0 Å². The van der Waals surface area contributed by atoms with E-state index in [0.29, 0.717) is 0 Å². The Hall–Kier alpha value is -1.72. The molecule has 4 nitrogen and oxygen atoms in total. The van der Waals surface area contributed by atoms with Gasteiger partial charge in [0.15, 0.2) is 0 Å². The van der Waals surface area contributed by atoms with E-state index < -0.39 is 6.10 Å². The van der Waals surface area contributed by atoms with Gasteiger partial charge in [0, 0.05) is 22.3 Å². The van der Waals surface area contributed by atoms with Crippen LogP contribution in [0.2, 0.25) is 0 Å². The van der Waals surface area contributed by atoms with Crippen LogP contribution in [0.1, 0.15) is 26.0 Å². The van der Waals surface area contributed by atoms with E-state index in [0.717, 1.165) is 22.0 Å². The predicted octanol–water partition coefficient (Wildman–Crippen LogP) is 3.46. The van der Waals surface area contributed by atoms with Crippen LogP contribution in [0.3, 0.4) is 0 Å². The van der Waals surface area contributed by atoms with Crippen molar-refractivity contribution in [3.63, 3.8) is 0 Å². The van der Waals surface area contributed by atoms with Crippen LogP contribution in [-0.4, -0.2) is 22.1 Å². The molecule has 0 aliphatic heterocycles. The maximum Gasteiger partial charge on any atom is 0.226 e. The van der Waals surface area contributed by atoms with Crippen LogP contribution >= 0.6 is 11.3 Å². The highest BCUT2D eigenvalue weighted by Crippen LogP contribution is 2.24. The fourth-order valence-corrected chi connectivity index (χ4v) is 2.62. The molecule has 1 atom stereocenters. The van der Waals surface area contributed by atoms with Crippen LogP contribution in [0, 0.1) is 12.8 Å². The number of carbonyl (C=O) groups is 1. The molecule has 5 heteroatoms. The zero-order valence-corrected chi connectivity index (χ0v) is 13.3. The zero-order valence-electron chi connectivity index (χ0n) is 12.5. The molecule has 2 N–H and O–H groups in total. The maximum atomic E-state index is 11.8. The first-order chi connectivity index (χ1) is 9.95. The van der Waals surface area contributed by atoms with Crippen molar-refractivity contribution in [2.45, 2.75) is 33.3 Å². The second kappa shape index (κ2) is 6.83. The summed E-state index contributed by atoms with van der Waals surface area (Å²) in [5.74, 6) is -0.0969. The van der Waals surface area contributed by atoms with Gasteiger partial charge in [-0.1, -0.05) is 13.8 Å². The van der Waals surface area contributed by atoms with E-state index in [1.807, 2.05) is 50.4 Å². The lowest BCUT2D eigenvalue weighted by atomic mass is 10.0. The van der Waals surface area contributed by atoms with Gasteiger partial charge in [-0.25, -0.2) is 4.98 Å². The molecule has 2 rings (SSSR count). The van der Waals surface area contributed by atoms with Crippen LogP contribution in [0.25, 0.3) is 10.6 Å². The normalized spacial score (nSPS) is 12.4. The molecular formula is C16H20N2O2S. The molecule has 1 aromatic heterocycles. The predicted molar refractivity (Wildman–Crippen MR) is 86.4 cm³/mol. The first kappa shape index (κ1) is 15.7. The number of aryl methyl sites for hydroxylation is 1. The number of aliphatic hydroxyl groups excluding tert-OH is 1. The zero-order chi connectivity index (χ0) is 15.4. The monoisotopic (exact) mass is 304 g/mol. The number of amides is 1. The summed E-state index contributed by atoms with van der Waals surface area (Å²) < 4.78 is 0. The van der Waals surface area contributed by atoms with Gasteiger partial charge < -0.3 is 10.4 Å². The third-order valence-electron chi connectivity index (χ3n) is 3.20. The van der Waals surface area contributed by atoms with E-state index in [-0.39, 0.29) is 18.2 Å². The van der Waals surface area contributed by atoms with Crippen molar-refractivity contribution in [3.05, 3.63) is 35.3 Å². The lowest BCUT2D eigenvalue weighted by Crippen LogP contribution is -2.23. The molecule has 112 valence electrons. The van der Waals surface area contributed by atoms with Crippen molar-refractivity contribution in [2.24, 2.45) is 5.92 Å². The fraction of sp³-hybridized carbons (Fsp3) is 0.375. The minimum absolute atomic E-state index is 0.0752. The summed E-state index contributed by atoms with van der Waals surface area (Å²) in [7, 11) is 0. The van der Waals surface area contributed by atoms with Gasteiger partial charge in [-0.15, -0.1) is 11.3 Å². The molecule has 1 heterocycles. The third-order valence-corrected chi connectivity index (χ3v) is 4.21. The van der Waals surface area contributed by atoms with Gasteiger partial charge in [-0.2, -0.15) is 0 Å². The summed E-state index contributed by atoms with van der Waals surface area (Å²) in [6.07, 6.45) is -0.493. The molecule has 0 bridgehead atoms. The van der Waals surface area contributed by atoms with Gasteiger partial charge in [0.05, 0.1) is 12.5 Å². The van der Waals surface area contributed by atoms with E-state index in [1.54, 1.807) is 11.3 Å². The number of hydrogen-bond acceptors (Lipinski definition) is 4. The van der Waals surface area contributed by atoms with E-state index in [4.69, 9.17) is 0 Å². The van der Waals surface area contributed by atoms with Crippen molar-refractivity contribution < 1.29 is 9.90 Å². The molecule has 0 radical (unpaired) electrons. The van der Waals surface area contributed by atoms with Gasteiger partial charge in [-0.05, 0) is 37.1 Å². The van der Waals surface area contributed by atoms with Gasteiger partial charge in [0.1, 0.15) is 5.01 Å². The van der Waals surface area contributed by atoms with Gasteiger partial charge >= 0.3 is 0 Å². The fourth-order valence-electron chi connectivity index (χ4n) is 1.82. The largest absolute Gasteiger partial charge is 0.392 e. The summed E-state index contributed by atoms with van der Waals surface area (Å²) in [4.78, 5) is 16.2. The lowest BCUT2D eigenvalue weighted by Gasteiger charge is -2.14. The van der Waals surface area contributed by atoms with Crippen LogP contribution in [0.15, 0.2) is 29.6 Å². The Morgan fingerprint density at radius 3 is 2.52 bits per heavy atom. The first-order valence-electron chi connectivity index (χ1n) is 6.96. The number of carbonyl (C=O) groups excluding carboxylic acids is 1. The van der Waals surface area contributed by atoms with Gasteiger partial charge in [-0.3, -0.25) is 4.79 Å². The maximum absolute atomic E-state index is 11.8. The summed E-state index contributed by atoms with van der Waals surface area (Å²) >= 11 is 1.60. The summed E-state index contributed by atoms with van der Waals surface area (Å²) in [5, 5.41) is 15.5. The minimum atomic E-state index is -0.609. The molecule has 21 heavy (non-hydrogen) atoms. The summed E-state index contributed by atoms with van der Waals surface area (Å²) in [5.41, 5.74) is 2.77. The van der Waals surface area contributed by atoms with Crippen LogP contribution in [0.4, 0.5) is 5.69 Å². The number of thiazole rings is 1. The molecule has 1 unspecified atom stereocenters. The van der Waals surface area contributed by atoms with Crippen LogP contribution in [-0.2, 0) is 4.79 Å². The van der Waals surface area contributed by atoms with Crippen molar-refractivity contribution in [3.8, 4) is 10.6 Å². The molecule has 0 aliphatic rings. The summed E-state index contributed by atoms with van der Waals surface area (Å²) in [6.45, 7) is 5.75. The Bertz CT molecular complexity index is 605. The van der Waals surface area contributed by atoms with Crippen molar-refractivity contribution in [2.75, 3.05) is 5.32 Å². The molecule has 0 spiro atoms. The standard InChI is InChI=1S/C16H20N2O2S/c1-10(2)14(19)8-15(20)18-13-6-4-12(5-7-13)16-17-11(3)9-21-16/h4-7,9-10,14,19H,8H2,1-3H3,(H,18,20). The second-order valence-corrected chi connectivity index (χ2v) is 6.29.